The van der Waals surface area contributed by atoms with Gasteiger partial charge in [0, 0.05) is 57.6 Å². The van der Waals surface area contributed by atoms with Crippen molar-refractivity contribution < 1.29 is 4.79 Å². The van der Waals surface area contributed by atoms with Crippen LogP contribution < -0.4 is 0 Å². The zero-order valence-corrected chi connectivity index (χ0v) is 12.9. The minimum atomic E-state index is 0.176. The Kier molecular flexibility index (Phi) is 4.49. The van der Waals surface area contributed by atoms with Crippen LogP contribution in [0.1, 0.15) is 12.5 Å². The van der Waals surface area contributed by atoms with Crippen LogP contribution in [-0.2, 0) is 11.3 Å². The van der Waals surface area contributed by atoms with Gasteiger partial charge in [0.15, 0.2) is 0 Å². The molecule has 1 fully saturated rings. The summed E-state index contributed by atoms with van der Waals surface area (Å²) in [6.07, 6.45) is 3.71. The molecule has 0 atom stereocenters. The lowest BCUT2D eigenvalue weighted by Crippen LogP contribution is -2.47. The quantitative estimate of drug-likeness (QED) is 0.872. The van der Waals surface area contributed by atoms with E-state index in [1.165, 1.54) is 11.1 Å². The lowest BCUT2D eigenvalue weighted by Gasteiger charge is -2.34. The molecule has 1 aliphatic heterocycles. The van der Waals surface area contributed by atoms with E-state index in [-0.39, 0.29) is 5.91 Å². The topological polar surface area (TPSA) is 36.4 Å². The zero-order chi connectivity index (χ0) is 15.4. The summed E-state index contributed by atoms with van der Waals surface area (Å²) in [7, 11) is 0. The van der Waals surface area contributed by atoms with Gasteiger partial charge in [-0.25, -0.2) is 0 Å². The normalized spacial score (nSPS) is 15.8. The number of amides is 1. The largest absolute Gasteiger partial charge is 0.340 e. The second-order valence-corrected chi connectivity index (χ2v) is 5.68. The molecule has 0 aliphatic carbocycles. The fraction of sp³-hybridized carbons (Fsp3) is 0.333. The van der Waals surface area contributed by atoms with E-state index in [2.05, 4.69) is 40.2 Å². The molecule has 0 bridgehead atoms. The summed E-state index contributed by atoms with van der Waals surface area (Å²) in [4.78, 5) is 20.0. The molecule has 1 amide bonds. The average Bonchev–Trinajstić information content (AvgIpc) is 2.57. The van der Waals surface area contributed by atoms with Gasteiger partial charge < -0.3 is 4.90 Å². The number of hydrogen-bond donors (Lipinski definition) is 0. The number of carbonyl (C=O) groups excluding carboxylic acids is 1. The van der Waals surface area contributed by atoms with Gasteiger partial charge >= 0.3 is 0 Å². The first kappa shape index (κ1) is 14.7. The van der Waals surface area contributed by atoms with Crippen molar-refractivity contribution in [2.24, 2.45) is 0 Å². The van der Waals surface area contributed by atoms with Crippen LogP contribution in [-0.4, -0.2) is 46.9 Å². The van der Waals surface area contributed by atoms with Crippen LogP contribution in [0.2, 0.25) is 0 Å². The van der Waals surface area contributed by atoms with E-state index in [0.29, 0.717) is 0 Å². The Hall–Kier alpha value is -2.20. The van der Waals surface area contributed by atoms with E-state index in [9.17, 15) is 4.79 Å². The van der Waals surface area contributed by atoms with Crippen LogP contribution in [0.5, 0.6) is 0 Å². The molecule has 4 heteroatoms. The predicted molar refractivity (Wildman–Crippen MR) is 87.2 cm³/mol. The predicted octanol–water partition coefficient (Wildman–Crippen LogP) is 2.41. The number of hydrogen-bond acceptors (Lipinski definition) is 3. The van der Waals surface area contributed by atoms with Gasteiger partial charge in [-0.05, 0) is 17.2 Å². The van der Waals surface area contributed by atoms with Crippen LogP contribution in [0.3, 0.4) is 0 Å². The van der Waals surface area contributed by atoms with Gasteiger partial charge in [-0.1, -0.05) is 30.3 Å². The van der Waals surface area contributed by atoms with Gasteiger partial charge in [-0.15, -0.1) is 0 Å². The summed E-state index contributed by atoms with van der Waals surface area (Å²) in [5.74, 6) is 0.176. The Balaban J connectivity index is 1.73. The fourth-order valence-electron chi connectivity index (χ4n) is 2.92. The first-order valence-corrected chi connectivity index (χ1v) is 7.70. The molecule has 1 aromatic carbocycles. The summed E-state index contributed by atoms with van der Waals surface area (Å²) in [6.45, 7) is 6.07. The van der Waals surface area contributed by atoms with Crippen molar-refractivity contribution in [3.63, 3.8) is 0 Å². The minimum absolute atomic E-state index is 0.176. The molecule has 22 heavy (non-hydrogen) atoms. The molecule has 4 nitrogen and oxygen atoms in total. The van der Waals surface area contributed by atoms with E-state index in [0.717, 1.165) is 38.3 Å². The Labute approximate surface area is 131 Å². The maximum Gasteiger partial charge on any atom is 0.219 e. The molecule has 0 N–H and O–H groups in total. The highest BCUT2D eigenvalue weighted by molar-refractivity contribution is 5.73. The van der Waals surface area contributed by atoms with Crippen LogP contribution in [0, 0.1) is 0 Å². The van der Waals surface area contributed by atoms with Gasteiger partial charge in [0.05, 0.1) is 0 Å². The van der Waals surface area contributed by atoms with E-state index in [4.69, 9.17) is 0 Å². The van der Waals surface area contributed by atoms with Crippen molar-refractivity contribution in [3.05, 3.63) is 54.4 Å². The van der Waals surface area contributed by atoms with Crippen molar-refractivity contribution in [2.45, 2.75) is 13.5 Å². The van der Waals surface area contributed by atoms with E-state index in [1.54, 1.807) is 13.1 Å². The average molecular weight is 295 g/mol. The minimum Gasteiger partial charge on any atom is -0.340 e. The van der Waals surface area contributed by atoms with Crippen molar-refractivity contribution in [3.8, 4) is 11.1 Å². The maximum atomic E-state index is 11.4. The molecule has 2 heterocycles. The molecule has 0 spiro atoms. The third kappa shape index (κ3) is 3.34. The molecule has 0 radical (unpaired) electrons. The van der Waals surface area contributed by atoms with Gasteiger partial charge in [0.25, 0.3) is 0 Å². The molecule has 0 unspecified atom stereocenters. The Bertz CT molecular complexity index is 634. The van der Waals surface area contributed by atoms with Crippen LogP contribution in [0.25, 0.3) is 11.1 Å². The van der Waals surface area contributed by atoms with Crippen molar-refractivity contribution in [1.29, 1.82) is 0 Å². The summed E-state index contributed by atoms with van der Waals surface area (Å²) < 4.78 is 0. The molecular formula is C18H21N3O. The van der Waals surface area contributed by atoms with E-state index < -0.39 is 0 Å². The van der Waals surface area contributed by atoms with Crippen molar-refractivity contribution in [1.82, 2.24) is 14.8 Å². The van der Waals surface area contributed by atoms with Crippen LogP contribution in [0.15, 0.2) is 48.8 Å². The number of carbonyl (C=O) groups is 1. The van der Waals surface area contributed by atoms with Crippen molar-refractivity contribution in [2.75, 3.05) is 26.2 Å². The first-order valence-electron chi connectivity index (χ1n) is 7.70. The summed E-state index contributed by atoms with van der Waals surface area (Å²) in [5, 5.41) is 0. The van der Waals surface area contributed by atoms with E-state index in [1.807, 2.05) is 17.2 Å². The Morgan fingerprint density at radius 1 is 1.09 bits per heavy atom. The van der Waals surface area contributed by atoms with Gasteiger partial charge in [-0.3, -0.25) is 14.7 Å². The van der Waals surface area contributed by atoms with Crippen LogP contribution >= 0.6 is 0 Å². The standard InChI is InChI=1S/C18H21N3O/c1-15(22)21-11-9-20(10-12-21)14-17-5-2-3-7-18(17)16-6-4-8-19-13-16/h2-8,13H,9-12,14H2,1H3. The summed E-state index contributed by atoms with van der Waals surface area (Å²) in [5.41, 5.74) is 3.71. The smallest absolute Gasteiger partial charge is 0.219 e. The molecule has 0 saturated carbocycles. The number of piperazine rings is 1. The maximum absolute atomic E-state index is 11.4. The fourth-order valence-corrected chi connectivity index (χ4v) is 2.92. The third-order valence-corrected chi connectivity index (χ3v) is 4.20. The Morgan fingerprint density at radius 3 is 2.55 bits per heavy atom. The van der Waals surface area contributed by atoms with Gasteiger partial charge in [-0.2, -0.15) is 0 Å². The lowest BCUT2D eigenvalue weighted by atomic mass is 10.0. The summed E-state index contributed by atoms with van der Waals surface area (Å²) in [6, 6.07) is 12.6. The number of nitrogens with zero attached hydrogens (tertiary/aromatic N) is 3. The molecule has 1 saturated heterocycles. The number of rotatable bonds is 3. The second-order valence-electron chi connectivity index (χ2n) is 5.68. The monoisotopic (exact) mass is 295 g/mol. The Morgan fingerprint density at radius 2 is 1.86 bits per heavy atom. The highest BCUT2D eigenvalue weighted by Crippen LogP contribution is 2.24. The van der Waals surface area contributed by atoms with Gasteiger partial charge in [0.1, 0.15) is 0 Å². The number of benzene rings is 1. The third-order valence-electron chi connectivity index (χ3n) is 4.20. The molecule has 2 aromatic rings. The SMILES string of the molecule is CC(=O)N1CCN(Cc2ccccc2-c2cccnc2)CC1. The highest BCUT2D eigenvalue weighted by Gasteiger charge is 2.19. The number of pyridine rings is 1. The molecule has 3 rings (SSSR count). The molecular weight excluding hydrogens is 274 g/mol. The lowest BCUT2D eigenvalue weighted by molar-refractivity contribution is -0.130. The zero-order valence-electron chi connectivity index (χ0n) is 12.9. The van der Waals surface area contributed by atoms with Crippen LogP contribution in [0.4, 0.5) is 0 Å². The number of aromatic nitrogens is 1. The summed E-state index contributed by atoms with van der Waals surface area (Å²) >= 11 is 0. The molecule has 1 aliphatic rings. The van der Waals surface area contributed by atoms with Crippen molar-refractivity contribution >= 4 is 5.91 Å². The highest BCUT2D eigenvalue weighted by atomic mass is 16.2. The second kappa shape index (κ2) is 6.71. The molecule has 114 valence electrons. The molecule has 1 aromatic heterocycles. The first-order chi connectivity index (χ1) is 10.7. The van der Waals surface area contributed by atoms with E-state index >= 15 is 0 Å². The van der Waals surface area contributed by atoms with Gasteiger partial charge in [0.2, 0.25) is 5.91 Å².